The quantitative estimate of drug-likeness (QED) is 0.705. The Morgan fingerprint density at radius 2 is 1.87 bits per heavy atom. The Bertz CT molecular complexity index is 1040. The van der Waals surface area contributed by atoms with Gasteiger partial charge in [0.2, 0.25) is 10.0 Å². The lowest BCUT2D eigenvalue weighted by Gasteiger charge is -2.33. The van der Waals surface area contributed by atoms with Crippen LogP contribution in [0.3, 0.4) is 0 Å². The molecule has 12 heteroatoms. The second-order valence-electron chi connectivity index (χ2n) is 6.73. The van der Waals surface area contributed by atoms with Crippen LogP contribution < -0.4 is 9.62 Å². The van der Waals surface area contributed by atoms with Crippen molar-refractivity contribution in [3.8, 4) is 0 Å². The van der Waals surface area contributed by atoms with Crippen LogP contribution in [0.2, 0.25) is 5.02 Å². The molecule has 0 atom stereocenters. The molecule has 0 unspecified atom stereocenters. The zero-order valence-corrected chi connectivity index (χ0v) is 16.9. The average Bonchev–Trinajstić information content (AvgIpc) is 2.67. The summed E-state index contributed by atoms with van der Waals surface area (Å²) in [7, 11) is -4.11. The molecule has 0 radical (unpaired) electrons. The van der Waals surface area contributed by atoms with E-state index in [9.17, 15) is 31.5 Å². The molecular weight excluding hydrogens is 447 g/mol. The van der Waals surface area contributed by atoms with Crippen molar-refractivity contribution in [2.45, 2.75) is 30.0 Å². The number of carboxylic acid groups (broad SMARTS) is 1. The fourth-order valence-electron chi connectivity index (χ4n) is 3.15. The van der Waals surface area contributed by atoms with Gasteiger partial charge in [0.25, 0.3) is 0 Å². The highest BCUT2D eigenvalue weighted by molar-refractivity contribution is 7.89. The molecule has 2 heterocycles. The van der Waals surface area contributed by atoms with E-state index in [0.717, 1.165) is 24.4 Å². The number of anilines is 1. The molecule has 0 bridgehead atoms. The van der Waals surface area contributed by atoms with Crippen LogP contribution in [0.15, 0.2) is 41.4 Å². The van der Waals surface area contributed by atoms with Crippen LogP contribution in [0.25, 0.3) is 0 Å². The fraction of sp³-hybridized carbons (Fsp3) is 0.333. The summed E-state index contributed by atoms with van der Waals surface area (Å²) < 4.78 is 65.8. The predicted molar refractivity (Wildman–Crippen MR) is 103 cm³/mol. The maximum absolute atomic E-state index is 12.7. The lowest BCUT2D eigenvalue weighted by molar-refractivity contribution is -0.137. The van der Waals surface area contributed by atoms with Gasteiger partial charge in [-0.1, -0.05) is 11.6 Å². The van der Waals surface area contributed by atoms with Gasteiger partial charge in [-0.15, -0.1) is 0 Å². The zero-order valence-electron chi connectivity index (χ0n) is 15.4. The first kappa shape index (κ1) is 22.3. The van der Waals surface area contributed by atoms with Crippen LogP contribution in [0.4, 0.5) is 19.0 Å². The Balaban J connectivity index is 1.67. The molecule has 1 saturated heterocycles. The number of aromatic carboxylic acids is 1. The van der Waals surface area contributed by atoms with Gasteiger partial charge in [-0.3, -0.25) is 0 Å². The summed E-state index contributed by atoms with van der Waals surface area (Å²) in [6.45, 7) is 0.746. The molecule has 1 fully saturated rings. The largest absolute Gasteiger partial charge is 0.478 e. The number of benzene rings is 1. The Morgan fingerprint density at radius 1 is 1.20 bits per heavy atom. The van der Waals surface area contributed by atoms with Crippen molar-refractivity contribution < 1.29 is 31.5 Å². The lowest BCUT2D eigenvalue weighted by atomic mass is 10.1. The van der Waals surface area contributed by atoms with Gasteiger partial charge in [0.1, 0.15) is 5.82 Å². The standard InChI is InChI=1S/C18H17ClF3N3O4S/c19-12-2-3-15(14(9-12)17(26)27)30(28,29)24-13-5-7-25(8-6-13)16-4-1-11(10-23-16)18(20,21)22/h1-4,9-10,13,24H,5-8H2,(H,26,27). The molecule has 162 valence electrons. The van der Waals surface area contributed by atoms with Gasteiger partial charge in [0.05, 0.1) is 16.0 Å². The van der Waals surface area contributed by atoms with Crippen molar-refractivity contribution >= 4 is 33.4 Å². The first-order chi connectivity index (χ1) is 14.0. The van der Waals surface area contributed by atoms with E-state index in [2.05, 4.69) is 9.71 Å². The van der Waals surface area contributed by atoms with E-state index in [1.54, 1.807) is 4.90 Å². The molecule has 0 spiro atoms. The molecule has 0 aliphatic carbocycles. The van der Waals surface area contributed by atoms with Crippen LogP contribution in [-0.4, -0.2) is 43.6 Å². The number of carboxylic acids is 1. The maximum atomic E-state index is 12.7. The van der Waals surface area contributed by atoms with Crippen LogP contribution >= 0.6 is 11.6 Å². The molecule has 1 aromatic heterocycles. The van der Waals surface area contributed by atoms with Gasteiger partial charge in [-0.25, -0.2) is 22.9 Å². The molecule has 1 aliphatic heterocycles. The summed E-state index contributed by atoms with van der Waals surface area (Å²) in [6.07, 6.45) is -2.96. The Hall–Kier alpha value is -2.37. The molecular formula is C18H17ClF3N3O4S. The summed E-state index contributed by atoms with van der Waals surface area (Å²) in [5.41, 5.74) is -1.27. The highest BCUT2D eigenvalue weighted by Gasteiger charge is 2.32. The van der Waals surface area contributed by atoms with Gasteiger partial charge in [-0.2, -0.15) is 13.2 Å². The molecule has 3 rings (SSSR count). The van der Waals surface area contributed by atoms with E-state index >= 15 is 0 Å². The van der Waals surface area contributed by atoms with Crippen molar-refractivity contribution in [2.24, 2.45) is 0 Å². The SMILES string of the molecule is O=C(O)c1cc(Cl)ccc1S(=O)(=O)NC1CCN(c2ccc(C(F)(F)F)cn2)CC1. The Morgan fingerprint density at radius 3 is 2.40 bits per heavy atom. The number of halogens is 4. The number of rotatable bonds is 5. The van der Waals surface area contributed by atoms with E-state index in [1.807, 2.05) is 0 Å². The number of carbonyl (C=O) groups is 1. The van der Waals surface area contributed by atoms with Crippen molar-refractivity contribution in [3.63, 3.8) is 0 Å². The van der Waals surface area contributed by atoms with Crippen LogP contribution in [-0.2, 0) is 16.2 Å². The third kappa shape index (κ3) is 5.02. The minimum absolute atomic E-state index is 0.101. The van der Waals surface area contributed by atoms with E-state index in [0.29, 0.717) is 31.7 Å². The number of alkyl halides is 3. The Labute approximate surface area is 175 Å². The van der Waals surface area contributed by atoms with Gasteiger partial charge >= 0.3 is 12.1 Å². The van der Waals surface area contributed by atoms with Gasteiger partial charge in [-0.05, 0) is 43.2 Å². The third-order valence-electron chi connectivity index (χ3n) is 4.68. The molecule has 0 saturated carbocycles. The topological polar surface area (TPSA) is 99.6 Å². The number of aromatic nitrogens is 1. The number of hydrogen-bond acceptors (Lipinski definition) is 5. The number of piperidine rings is 1. The monoisotopic (exact) mass is 463 g/mol. The second kappa shape index (κ2) is 8.40. The van der Waals surface area contributed by atoms with Crippen molar-refractivity contribution in [3.05, 3.63) is 52.7 Å². The summed E-state index contributed by atoms with van der Waals surface area (Å²) in [6, 6.07) is 5.26. The molecule has 30 heavy (non-hydrogen) atoms. The maximum Gasteiger partial charge on any atom is 0.417 e. The van der Waals surface area contributed by atoms with Gasteiger partial charge < -0.3 is 10.0 Å². The summed E-state index contributed by atoms with van der Waals surface area (Å²) >= 11 is 5.76. The number of sulfonamides is 1. The first-order valence-corrected chi connectivity index (χ1v) is 10.7. The molecule has 2 N–H and O–H groups in total. The van der Waals surface area contributed by atoms with E-state index in [-0.39, 0.29) is 9.92 Å². The smallest absolute Gasteiger partial charge is 0.417 e. The normalized spacial score (nSPS) is 15.9. The number of nitrogens with one attached hydrogen (secondary N) is 1. The van der Waals surface area contributed by atoms with Crippen LogP contribution in [0.1, 0.15) is 28.8 Å². The van der Waals surface area contributed by atoms with Crippen molar-refractivity contribution in [2.75, 3.05) is 18.0 Å². The van der Waals surface area contributed by atoms with E-state index < -0.39 is 39.3 Å². The fourth-order valence-corrected chi connectivity index (χ4v) is 4.81. The van der Waals surface area contributed by atoms with Gasteiger partial charge in [0, 0.05) is 30.4 Å². The highest BCUT2D eigenvalue weighted by atomic mass is 35.5. The predicted octanol–water partition coefficient (Wildman–Crippen LogP) is 3.40. The molecule has 2 aromatic rings. The van der Waals surface area contributed by atoms with E-state index in [1.165, 1.54) is 12.1 Å². The summed E-state index contributed by atoms with van der Waals surface area (Å²) in [4.78, 5) is 16.6. The number of pyridine rings is 1. The minimum atomic E-state index is -4.47. The third-order valence-corrected chi connectivity index (χ3v) is 6.49. The highest BCUT2D eigenvalue weighted by Crippen LogP contribution is 2.30. The first-order valence-electron chi connectivity index (χ1n) is 8.81. The van der Waals surface area contributed by atoms with Crippen LogP contribution in [0, 0.1) is 0 Å². The molecule has 0 amide bonds. The van der Waals surface area contributed by atoms with E-state index in [4.69, 9.17) is 11.6 Å². The number of hydrogen-bond donors (Lipinski definition) is 2. The number of nitrogens with zero attached hydrogens (tertiary/aromatic N) is 2. The summed E-state index contributed by atoms with van der Waals surface area (Å²) in [5, 5.41) is 9.36. The molecule has 7 nitrogen and oxygen atoms in total. The van der Waals surface area contributed by atoms with Crippen LogP contribution in [0.5, 0.6) is 0 Å². The lowest BCUT2D eigenvalue weighted by Crippen LogP contribution is -2.45. The second-order valence-corrected chi connectivity index (χ2v) is 8.85. The average molecular weight is 464 g/mol. The molecule has 1 aromatic carbocycles. The molecule has 1 aliphatic rings. The minimum Gasteiger partial charge on any atom is -0.478 e. The summed E-state index contributed by atoms with van der Waals surface area (Å²) in [5.74, 6) is -1.05. The van der Waals surface area contributed by atoms with Gasteiger partial charge in [0.15, 0.2) is 0 Å². The van der Waals surface area contributed by atoms with Crippen molar-refractivity contribution in [1.82, 2.24) is 9.71 Å². The Kier molecular flexibility index (Phi) is 6.25. The van der Waals surface area contributed by atoms with Crippen molar-refractivity contribution in [1.29, 1.82) is 0 Å². The zero-order chi connectivity index (χ0) is 22.1.